The molecular weight excluding hydrogens is 218 g/mol. The number of unbranched alkanes of at least 4 members (excludes halogenated alkanes) is 2. The van der Waals surface area contributed by atoms with Gasteiger partial charge >= 0.3 is 5.97 Å². The Balaban J connectivity index is 2.38. The summed E-state index contributed by atoms with van der Waals surface area (Å²) in [5, 5.41) is 0. The van der Waals surface area contributed by atoms with E-state index in [-0.39, 0.29) is 5.75 Å². The number of carbonyl (C=O) groups is 1. The SMILES string of the molecule is CCCCCS(=O)(=O)N[C@H]1CCOC1=O. The van der Waals surface area contributed by atoms with E-state index in [0.29, 0.717) is 19.4 Å². The molecule has 0 aromatic carbocycles. The highest BCUT2D eigenvalue weighted by Crippen LogP contribution is 2.08. The molecule has 1 aliphatic rings. The first kappa shape index (κ1) is 12.4. The van der Waals surface area contributed by atoms with Gasteiger partial charge in [0, 0.05) is 6.42 Å². The molecule has 1 saturated heterocycles. The first-order valence-corrected chi connectivity index (χ1v) is 6.87. The van der Waals surface area contributed by atoms with Crippen LogP contribution in [0, 0.1) is 0 Å². The van der Waals surface area contributed by atoms with Crippen LogP contribution >= 0.6 is 0 Å². The number of cyclic esters (lactones) is 1. The molecule has 1 fully saturated rings. The normalized spacial score (nSPS) is 21.7. The molecule has 0 unspecified atom stereocenters. The fourth-order valence-electron chi connectivity index (χ4n) is 1.42. The molecule has 0 aromatic rings. The van der Waals surface area contributed by atoms with E-state index in [2.05, 4.69) is 9.46 Å². The number of sulfonamides is 1. The highest BCUT2D eigenvalue weighted by atomic mass is 32.2. The van der Waals surface area contributed by atoms with E-state index in [4.69, 9.17) is 0 Å². The van der Waals surface area contributed by atoms with Gasteiger partial charge in [-0.2, -0.15) is 0 Å². The largest absolute Gasteiger partial charge is 0.464 e. The molecular formula is C9H17NO4S. The Bertz CT molecular complexity index is 312. The topological polar surface area (TPSA) is 72.5 Å². The lowest BCUT2D eigenvalue weighted by atomic mass is 10.3. The van der Waals surface area contributed by atoms with Crippen molar-refractivity contribution in [3.05, 3.63) is 0 Å². The van der Waals surface area contributed by atoms with Crippen LogP contribution in [0.2, 0.25) is 0 Å². The molecule has 0 saturated carbocycles. The molecule has 1 heterocycles. The fraction of sp³-hybridized carbons (Fsp3) is 0.889. The number of esters is 1. The highest BCUT2D eigenvalue weighted by Gasteiger charge is 2.30. The zero-order valence-electron chi connectivity index (χ0n) is 8.86. The Morgan fingerprint density at radius 3 is 2.73 bits per heavy atom. The Morgan fingerprint density at radius 2 is 2.20 bits per heavy atom. The average molecular weight is 235 g/mol. The van der Waals surface area contributed by atoms with E-state index in [1.54, 1.807) is 0 Å². The minimum atomic E-state index is -3.32. The highest BCUT2D eigenvalue weighted by molar-refractivity contribution is 7.89. The average Bonchev–Trinajstić information content (AvgIpc) is 2.51. The van der Waals surface area contributed by atoms with Gasteiger partial charge in [0.25, 0.3) is 0 Å². The van der Waals surface area contributed by atoms with Crippen molar-refractivity contribution < 1.29 is 17.9 Å². The summed E-state index contributed by atoms with van der Waals surface area (Å²) in [7, 11) is -3.32. The van der Waals surface area contributed by atoms with Crippen LogP contribution in [0.3, 0.4) is 0 Å². The summed E-state index contributed by atoms with van der Waals surface area (Å²) in [5.74, 6) is -0.376. The summed E-state index contributed by atoms with van der Waals surface area (Å²) < 4.78 is 30.0. The number of nitrogens with one attached hydrogen (secondary N) is 1. The van der Waals surface area contributed by atoms with E-state index in [1.807, 2.05) is 6.92 Å². The van der Waals surface area contributed by atoms with Crippen molar-refractivity contribution in [2.75, 3.05) is 12.4 Å². The maximum absolute atomic E-state index is 11.5. The summed E-state index contributed by atoms with van der Waals surface area (Å²) >= 11 is 0. The van der Waals surface area contributed by atoms with Crippen LogP contribution in [0.1, 0.15) is 32.6 Å². The minimum absolute atomic E-state index is 0.0879. The summed E-state index contributed by atoms with van der Waals surface area (Å²) in [6.07, 6.45) is 2.93. The van der Waals surface area contributed by atoms with Crippen molar-refractivity contribution in [2.24, 2.45) is 0 Å². The fourth-order valence-corrected chi connectivity index (χ4v) is 2.77. The molecule has 0 aromatic heterocycles. The van der Waals surface area contributed by atoms with Gasteiger partial charge in [0.1, 0.15) is 6.04 Å². The minimum Gasteiger partial charge on any atom is -0.464 e. The standard InChI is InChI=1S/C9H17NO4S/c1-2-3-4-7-15(12,13)10-8-5-6-14-9(8)11/h8,10H,2-7H2,1H3/t8-/m0/s1. The van der Waals surface area contributed by atoms with Crippen LogP contribution in [-0.4, -0.2) is 32.8 Å². The number of rotatable bonds is 6. The molecule has 5 nitrogen and oxygen atoms in total. The predicted molar refractivity (Wildman–Crippen MR) is 55.8 cm³/mol. The van der Waals surface area contributed by atoms with Gasteiger partial charge in [-0.1, -0.05) is 19.8 Å². The van der Waals surface area contributed by atoms with Crippen LogP contribution in [0.4, 0.5) is 0 Å². The molecule has 1 rings (SSSR count). The van der Waals surface area contributed by atoms with Gasteiger partial charge in [0.15, 0.2) is 0 Å². The molecule has 1 aliphatic heterocycles. The van der Waals surface area contributed by atoms with Gasteiger partial charge in [-0.3, -0.25) is 4.79 Å². The summed E-state index contributed by atoms with van der Waals surface area (Å²) in [6, 6.07) is -0.670. The van der Waals surface area contributed by atoms with Gasteiger partial charge in [-0.25, -0.2) is 13.1 Å². The van der Waals surface area contributed by atoms with Gasteiger partial charge in [0.2, 0.25) is 10.0 Å². The maximum Gasteiger partial charge on any atom is 0.324 e. The van der Waals surface area contributed by atoms with Crippen molar-refractivity contribution in [2.45, 2.75) is 38.6 Å². The van der Waals surface area contributed by atoms with Crippen LogP contribution in [0.25, 0.3) is 0 Å². The lowest BCUT2D eigenvalue weighted by Gasteiger charge is -2.09. The van der Waals surface area contributed by atoms with Gasteiger partial charge in [-0.05, 0) is 6.42 Å². The van der Waals surface area contributed by atoms with Crippen molar-refractivity contribution >= 4 is 16.0 Å². The van der Waals surface area contributed by atoms with Crippen molar-refractivity contribution in [1.82, 2.24) is 4.72 Å². The Hall–Kier alpha value is -0.620. The molecule has 1 N–H and O–H groups in total. The molecule has 0 radical (unpaired) electrons. The summed E-state index contributed by atoms with van der Waals surface area (Å²) in [4.78, 5) is 11.0. The molecule has 88 valence electrons. The summed E-state index contributed by atoms with van der Waals surface area (Å²) in [5.41, 5.74) is 0. The second kappa shape index (κ2) is 5.46. The van der Waals surface area contributed by atoms with Crippen molar-refractivity contribution in [3.8, 4) is 0 Å². The first-order chi connectivity index (χ1) is 7.05. The third kappa shape index (κ3) is 4.17. The summed E-state index contributed by atoms with van der Waals surface area (Å²) in [6.45, 7) is 2.31. The first-order valence-electron chi connectivity index (χ1n) is 5.22. The molecule has 0 bridgehead atoms. The second-order valence-corrected chi connectivity index (χ2v) is 5.53. The van der Waals surface area contributed by atoms with Crippen LogP contribution < -0.4 is 4.72 Å². The van der Waals surface area contributed by atoms with Crippen LogP contribution in [0.5, 0.6) is 0 Å². The Morgan fingerprint density at radius 1 is 1.47 bits per heavy atom. The molecule has 1 atom stereocenters. The van der Waals surface area contributed by atoms with E-state index in [9.17, 15) is 13.2 Å². The number of ether oxygens (including phenoxy) is 1. The molecule has 0 spiro atoms. The van der Waals surface area contributed by atoms with Gasteiger partial charge in [-0.15, -0.1) is 0 Å². The van der Waals surface area contributed by atoms with Crippen LogP contribution in [-0.2, 0) is 19.6 Å². The zero-order chi connectivity index (χ0) is 11.3. The molecule has 0 amide bonds. The molecule has 15 heavy (non-hydrogen) atoms. The predicted octanol–water partition coefficient (Wildman–Crippen LogP) is 0.412. The quantitative estimate of drug-likeness (QED) is 0.534. The van der Waals surface area contributed by atoms with E-state index in [1.165, 1.54) is 0 Å². The van der Waals surface area contributed by atoms with E-state index >= 15 is 0 Å². The third-order valence-corrected chi connectivity index (χ3v) is 3.74. The monoisotopic (exact) mass is 235 g/mol. The smallest absolute Gasteiger partial charge is 0.324 e. The number of hydrogen-bond acceptors (Lipinski definition) is 4. The van der Waals surface area contributed by atoms with E-state index < -0.39 is 22.0 Å². The number of hydrogen-bond donors (Lipinski definition) is 1. The second-order valence-electron chi connectivity index (χ2n) is 3.65. The lowest BCUT2D eigenvalue weighted by molar-refractivity contribution is -0.139. The van der Waals surface area contributed by atoms with Crippen molar-refractivity contribution in [3.63, 3.8) is 0 Å². The van der Waals surface area contributed by atoms with Crippen LogP contribution in [0.15, 0.2) is 0 Å². The zero-order valence-corrected chi connectivity index (χ0v) is 9.68. The van der Waals surface area contributed by atoms with Crippen molar-refractivity contribution in [1.29, 1.82) is 0 Å². The Kier molecular flexibility index (Phi) is 4.53. The molecule has 6 heteroatoms. The third-order valence-electron chi connectivity index (χ3n) is 2.27. The number of carbonyl (C=O) groups excluding carboxylic acids is 1. The molecule has 0 aliphatic carbocycles. The van der Waals surface area contributed by atoms with Gasteiger partial charge in [0.05, 0.1) is 12.4 Å². The lowest BCUT2D eigenvalue weighted by Crippen LogP contribution is -2.39. The Labute approximate surface area is 90.2 Å². The van der Waals surface area contributed by atoms with Gasteiger partial charge < -0.3 is 4.74 Å². The maximum atomic E-state index is 11.5. The van der Waals surface area contributed by atoms with E-state index in [0.717, 1.165) is 12.8 Å².